The van der Waals surface area contributed by atoms with Crippen LogP contribution in [0.25, 0.3) is 0 Å². The summed E-state index contributed by atoms with van der Waals surface area (Å²) in [5.41, 5.74) is -0.318. The van der Waals surface area contributed by atoms with E-state index in [1.54, 1.807) is 19.1 Å². The van der Waals surface area contributed by atoms with E-state index >= 15 is 0 Å². The van der Waals surface area contributed by atoms with Crippen LogP contribution in [0.1, 0.15) is 18.1 Å². The Bertz CT molecular complexity index is 817. The number of methoxy groups -OCH3 is 1. The van der Waals surface area contributed by atoms with Crippen LogP contribution in [-0.2, 0) is 15.6 Å². The van der Waals surface area contributed by atoms with Crippen molar-refractivity contribution >= 4 is 10.0 Å². The molecule has 1 atom stereocenters. The van der Waals surface area contributed by atoms with E-state index in [0.29, 0.717) is 5.56 Å². The summed E-state index contributed by atoms with van der Waals surface area (Å²) < 4.78 is 45.5. The van der Waals surface area contributed by atoms with Crippen molar-refractivity contribution in [1.29, 1.82) is 0 Å². The largest absolute Gasteiger partial charge is 0.495 e. The number of aryl methyl sites for hydroxylation is 1. The SMILES string of the molecule is COc1ccc(C)cc1S(=O)(=O)NCC(C)(O)c1ccc(F)cc1. The molecule has 0 radical (unpaired) electrons. The van der Waals surface area contributed by atoms with Gasteiger partial charge in [0, 0.05) is 6.54 Å². The van der Waals surface area contributed by atoms with Crippen molar-refractivity contribution < 1.29 is 22.7 Å². The maximum Gasteiger partial charge on any atom is 0.244 e. The Kier molecular flexibility index (Phi) is 5.27. The van der Waals surface area contributed by atoms with Gasteiger partial charge in [-0.25, -0.2) is 17.5 Å². The van der Waals surface area contributed by atoms with Gasteiger partial charge < -0.3 is 9.84 Å². The first-order chi connectivity index (χ1) is 11.2. The number of hydrogen-bond donors (Lipinski definition) is 2. The zero-order valence-corrected chi connectivity index (χ0v) is 14.5. The predicted octanol–water partition coefficient (Wildman–Crippen LogP) is 2.33. The molecule has 2 aromatic rings. The van der Waals surface area contributed by atoms with E-state index in [1.807, 2.05) is 0 Å². The van der Waals surface area contributed by atoms with Crippen LogP contribution >= 0.6 is 0 Å². The molecule has 24 heavy (non-hydrogen) atoms. The lowest BCUT2D eigenvalue weighted by Gasteiger charge is -2.24. The summed E-state index contributed by atoms with van der Waals surface area (Å²) in [5.74, 6) is -0.214. The molecule has 130 valence electrons. The molecule has 0 fully saturated rings. The molecule has 0 saturated heterocycles. The van der Waals surface area contributed by atoms with Gasteiger partial charge in [-0.3, -0.25) is 0 Å². The van der Waals surface area contributed by atoms with Crippen LogP contribution in [0.2, 0.25) is 0 Å². The molecule has 0 amide bonds. The van der Waals surface area contributed by atoms with Crippen LogP contribution in [0.3, 0.4) is 0 Å². The Morgan fingerprint density at radius 1 is 1.21 bits per heavy atom. The van der Waals surface area contributed by atoms with Crippen molar-refractivity contribution in [3.63, 3.8) is 0 Å². The van der Waals surface area contributed by atoms with Gasteiger partial charge in [-0.2, -0.15) is 0 Å². The van der Waals surface area contributed by atoms with Crippen molar-refractivity contribution in [2.24, 2.45) is 0 Å². The highest BCUT2D eigenvalue weighted by molar-refractivity contribution is 7.89. The van der Waals surface area contributed by atoms with Crippen LogP contribution < -0.4 is 9.46 Å². The molecule has 2 rings (SSSR count). The summed E-state index contributed by atoms with van der Waals surface area (Å²) >= 11 is 0. The lowest BCUT2D eigenvalue weighted by molar-refractivity contribution is 0.0627. The van der Waals surface area contributed by atoms with E-state index < -0.39 is 21.4 Å². The summed E-state index contributed by atoms with van der Waals surface area (Å²) in [6, 6.07) is 10.1. The van der Waals surface area contributed by atoms with Gasteiger partial charge in [0.2, 0.25) is 10.0 Å². The minimum Gasteiger partial charge on any atom is -0.495 e. The molecule has 0 aliphatic rings. The number of aliphatic hydroxyl groups is 1. The van der Waals surface area contributed by atoms with Gasteiger partial charge >= 0.3 is 0 Å². The van der Waals surface area contributed by atoms with E-state index in [1.165, 1.54) is 44.4 Å². The van der Waals surface area contributed by atoms with Gasteiger partial charge in [0.1, 0.15) is 22.1 Å². The first-order valence-electron chi connectivity index (χ1n) is 7.28. The standard InChI is InChI=1S/C17H20FNO4S/c1-12-4-9-15(23-3)16(10-12)24(21,22)19-11-17(2,20)13-5-7-14(18)8-6-13/h4-10,19-20H,11H2,1-3H3. The number of ether oxygens (including phenoxy) is 1. The monoisotopic (exact) mass is 353 g/mol. The van der Waals surface area contributed by atoms with Crippen molar-refractivity contribution in [2.45, 2.75) is 24.3 Å². The third-order valence-corrected chi connectivity index (χ3v) is 5.10. The second-order valence-corrected chi connectivity index (χ2v) is 7.49. The quantitative estimate of drug-likeness (QED) is 0.836. The van der Waals surface area contributed by atoms with Crippen LogP contribution in [-0.4, -0.2) is 27.2 Å². The molecule has 0 aromatic heterocycles. The van der Waals surface area contributed by atoms with E-state index in [-0.39, 0.29) is 17.2 Å². The second-order valence-electron chi connectivity index (χ2n) is 5.76. The maximum atomic E-state index is 13.0. The Labute approximate surface area is 141 Å². The third-order valence-electron chi connectivity index (χ3n) is 3.68. The number of benzene rings is 2. The van der Waals surface area contributed by atoms with Gasteiger partial charge in [0.15, 0.2) is 0 Å². The Morgan fingerprint density at radius 2 is 1.83 bits per heavy atom. The second kappa shape index (κ2) is 6.88. The van der Waals surface area contributed by atoms with Crippen molar-refractivity contribution in [3.8, 4) is 5.75 Å². The number of halogens is 1. The normalized spacial score (nSPS) is 14.2. The highest BCUT2D eigenvalue weighted by atomic mass is 32.2. The zero-order chi connectivity index (χ0) is 18.0. The summed E-state index contributed by atoms with van der Waals surface area (Å²) in [6.07, 6.45) is 0. The zero-order valence-electron chi connectivity index (χ0n) is 13.7. The van der Waals surface area contributed by atoms with Crippen LogP contribution in [0.15, 0.2) is 47.4 Å². The third kappa shape index (κ3) is 4.11. The molecule has 5 nitrogen and oxygen atoms in total. The molecule has 0 aliphatic carbocycles. The minimum atomic E-state index is -3.88. The van der Waals surface area contributed by atoms with Crippen molar-refractivity contribution in [2.75, 3.05) is 13.7 Å². The number of rotatable bonds is 6. The van der Waals surface area contributed by atoms with E-state index in [9.17, 15) is 17.9 Å². The molecule has 2 N–H and O–H groups in total. The molecule has 7 heteroatoms. The molecule has 0 aliphatic heterocycles. The van der Waals surface area contributed by atoms with Gasteiger partial charge in [-0.05, 0) is 49.2 Å². The van der Waals surface area contributed by atoms with Gasteiger partial charge in [-0.1, -0.05) is 18.2 Å². The lowest BCUT2D eigenvalue weighted by Crippen LogP contribution is -2.38. The topological polar surface area (TPSA) is 75.6 Å². The van der Waals surface area contributed by atoms with Crippen molar-refractivity contribution in [1.82, 2.24) is 4.72 Å². The molecule has 0 heterocycles. The highest BCUT2D eigenvalue weighted by Crippen LogP contribution is 2.26. The van der Waals surface area contributed by atoms with Crippen molar-refractivity contribution in [3.05, 3.63) is 59.4 Å². The first-order valence-corrected chi connectivity index (χ1v) is 8.77. The Balaban J connectivity index is 2.24. The number of hydrogen-bond acceptors (Lipinski definition) is 4. The fraction of sp³-hybridized carbons (Fsp3) is 0.294. The molecular formula is C17H20FNO4S. The van der Waals surface area contributed by atoms with Crippen LogP contribution in [0.4, 0.5) is 4.39 Å². The molecular weight excluding hydrogens is 333 g/mol. The van der Waals surface area contributed by atoms with Crippen LogP contribution in [0.5, 0.6) is 5.75 Å². The Hall–Kier alpha value is -1.96. The number of sulfonamides is 1. The summed E-state index contributed by atoms with van der Waals surface area (Å²) in [7, 11) is -2.50. The van der Waals surface area contributed by atoms with E-state index in [4.69, 9.17) is 4.74 Å². The fourth-order valence-corrected chi connectivity index (χ4v) is 3.60. The van der Waals surface area contributed by atoms with E-state index in [2.05, 4.69) is 4.72 Å². The molecule has 0 spiro atoms. The predicted molar refractivity (Wildman–Crippen MR) is 88.9 cm³/mol. The summed E-state index contributed by atoms with van der Waals surface area (Å²) in [4.78, 5) is -0.0000869. The maximum absolute atomic E-state index is 13.0. The van der Waals surface area contributed by atoms with E-state index in [0.717, 1.165) is 5.56 Å². The lowest BCUT2D eigenvalue weighted by atomic mass is 9.96. The summed E-state index contributed by atoms with van der Waals surface area (Å²) in [6.45, 7) is 2.96. The Morgan fingerprint density at radius 3 is 2.42 bits per heavy atom. The average Bonchev–Trinajstić information content (AvgIpc) is 2.53. The molecule has 0 bridgehead atoms. The minimum absolute atomic E-state index is 0.0000869. The average molecular weight is 353 g/mol. The fourth-order valence-electron chi connectivity index (χ4n) is 2.22. The smallest absolute Gasteiger partial charge is 0.244 e. The molecule has 1 unspecified atom stereocenters. The van der Waals surface area contributed by atoms with Gasteiger partial charge in [0.25, 0.3) is 0 Å². The number of nitrogens with one attached hydrogen (secondary N) is 1. The van der Waals surface area contributed by atoms with Crippen LogP contribution in [0, 0.1) is 12.7 Å². The highest BCUT2D eigenvalue weighted by Gasteiger charge is 2.27. The van der Waals surface area contributed by atoms with Gasteiger partial charge in [-0.15, -0.1) is 0 Å². The first kappa shape index (κ1) is 18.4. The summed E-state index contributed by atoms with van der Waals surface area (Å²) in [5, 5.41) is 10.5. The molecule has 2 aromatic carbocycles. The van der Waals surface area contributed by atoms with Gasteiger partial charge in [0.05, 0.1) is 7.11 Å². The molecule has 0 saturated carbocycles.